The van der Waals surface area contributed by atoms with E-state index in [1.807, 2.05) is 18.1 Å². The number of aliphatic carboxylic acids is 1. The zero-order valence-electron chi connectivity index (χ0n) is 13.1. The van der Waals surface area contributed by atoms with Gasteiger partial charge in [0, 0.05) is 43.5 Å². The van der Waals surface area contributed by atoms with Gasteiger partial charge in [0.25, 0.3) is 0 Å². The number of nitrogens with zero attached hydrogens (tertiary/aromatic N) is 6. The highest BCUT2D eigenvalue weighted by molar-refractivity contribution is 5.79. The summed E-state index contributed by atoms with van der Waals surface area (Å²) in [7, 11) is 1.85. The van der Waals surface area contributed by atoms with Gasteiger partial charge in [0.05, 0.1) is 18.3 Å². The summed E-state index contributed by atoms with van der Waals surface area (Å²) in [4.78, 5) is 17.8. The van der Waals surface area contributed by atoms with Gasteiger partial charge < -0.3 is 15.7 Å². The molecule has 1 atom stereocenters. The molecule has 1 aliphatic heterocycles. The monoisotopic (exact) mass is 327 g/mol. The Morgan fingerprint density at radius 1 is 1.38 bits per heavy atom. The van der Waals surface area contributed by atoms with Gasteiger partial charge in [-0.15, -0.1) is 0 Å². The van der Waals surface area contributed by atoms with Crippen LogP contribution in [0, 0.1) is 5.92 Å². The normalized spacial score (nSPS) is 17.7. The van der Waals surface area contributed by atoms with Gasteiger partial charge in [-0.05, 0) is 6.42 Å². The first-order chi connectivity index (χ1) is 11.5. The van der Waals surface area contributed by atoms with Crippen molar-refractivity contribution in [2.45, 2.75) is 6.42 Å². The molecule has 0 spiro atoms. The molecule has 1 saturated heterocycles. The molecule has 0 bridgehead atoms. The van der Waals surface area contributed by atoms with Crippen molar-refractivity contribution in [3.63, 3.8) is 0 Å². The third kappa shape index (κ3) is 2.25. The van der Waals surface area contributed by atoms with Crippen molar-refractivity contribution >= 4 is 23.3 Å². The summed E-state index contributed by atoms with van der Waals surface area (Å²) in [5, 5.41) is 17.6. The minimum atomic E-state index is -0.771. The number of anilines is 2. The fourth-order valence-electron chi connectivity index (χ4n) is 3.07. The number of carboxylic acids is 1. The van der Waals surface area contributed by atoms with E-state index in [9.17, 15) is 9.90 Å². The molecule has 3 N–H and O–H groups in total. The molecule has 9 heteroatoms. The molecule has 3 aromatic rings. The molecule has 9 nitrogen and oxygen atoms in total. The van der Waals surface area contributed by atoms with Crippen LogP contribution in [0.2, 0.25) is 0 Å². The Morgan fingerprint density at radius 2 is 2.21 bits per heavy atom. The summed E-state index contributed by atoms with van der Waals surface area (Å²) >= 11 is 0. The van der Waals surface area contributed by atoms with E-state index in [0.717, 1.165) is 11.1 Å². The number of aryl methyl sites for hydroxylation is 1. The minimum absolute atomic E-state index is 0.369. The molecule has 0 aromatic carbocycles. The zero-order valence-corrected chi connectivity index (χ0v) is 13.1. The number of rotatable bonds is 3. The standard InChI is InChI=1S/C15H17N7O2/c1-20-7-10(5-17-20)11-6-18-22-12(16)4-13(19-14(11)22)21-3-2-9(8-21)15(23)24/h4-7,9H,2-3,8,16H2,1H3,(H,23,24). The summed E-state index contributed by atoms with van der Waals surface area (Å²) < 4.78 is 3.29. The molecule has 0 saturated carbocycles. The lowest BCUT2D eigenvalue weighted by atomic mass is 10.1. The Balaban J connectivity index is 1.77. The maximum Gasteiger partial charge on any atom is 0.308 e. The van der Waals surface area contributed by atoms with Gasteiger partial charge in [-0.2, -0.15) is 14.7 Å². The molecule has 0 amide bonds. The van der Waals surface area contributed by atoms with E-state index < -0.39 is 5.97 Å². The first kappa shape index (κ1) is 14.5. The van der Waals surface area contributed by atoms with Gasteiger partial charge in [0.15, 0.2) is 5.65 Å². The Labute approximate surface area is 137 Å². The number of carboxylic acid groups (broad SMARTS) is 1. The van der Waals surface area contributed by atoms with Crippen molar-refractivity contribution in [1.29, 1.82) is 0 Å². The molecule has 4 heterocycles. The lowest BCUT2D eigenvalue weighted by Gasteiger charge is -2.17. The Hall–Kier alpha value is -3.10. The lowest BCUT2D eigenvalue weighted by molar-refractivity contribution is -0.140. The van der Waals surface area contributed by atoms with Gasteiger partial charge in [-0.3, -0.25) is 9.48 Å². The summed E-state index contributed by atoms with van der Waals surface area (Å²) in [5.41, 5.74) is 8.49. The van der Waals surface area contributed by atoms with Crippen LogP contribution in [0.15, 0.2) is 24.7 Å². The van der Waals surface area contributed by atoms with Crippen LogP contribution in [0.25, 0.3) is 16.8 Å². The average Bonchev–Trinajstić information content (AvgIpc) is 3.24. The van der Waals surface area contributed by atoms with E-state index in [1.165, 1.54) is 0 Å². The van der Waals surface area contributed by atoms with Gasteiger partial charge in [0.1, 0.15) is 11.6 Å². The van der Waals surface area contributed by atoms with Crippen molar-refractivity contribution in [1.82, 2.24) is 24.4 Å². The predicted molar refractivity (Wildman–Crippen MR) is 87.6 cm³/mol. The molecular weight excluding hydrogens is 310 g/mol. The molecule has 1 fully saturated rings. The van der Waals surface area contributed by atoms with E-state index >= 15 is 0 Å². The molecule has 3 aromatic heterocycles. The molecule has 0 radical (unpaired) electrons. The van der Waals surface area contributed by atoms with E-state index in [2.05, 4.69) is 15.2 Å². The van der Waals surface area contributed by atoms with E-state index in [0.29, 0.717) is 36.8 Å². The molecule has 4 rings (SSSR count). The van der Waals surface area contributed by atoms with Gasteiger partial charge in [-0.1, -0.05) is 0 Å². The maximum atomic E-state index is 11.2. The van der Waals surface area contributed by atoms with Crippen LogP contribution in [0.1, 0.15) is 6.42 Å². The SMILES string of the molecule is Cn1cc(-c2cnn3c(N)cc(N4CCC(C(=O)O)C4)nc23)cn1. The van der Waals surface area contributed by atoms with Crippen LogP contribution in [0.5, 0.6) is 0 Å². The topological polar surface area (TPSA) is 115 Å². The quantitative estimate of drug-likeness (QED) is 0.724. The van der Waals surface area contributed by atoms with Gasteiger partial charge in [0.2, 0.25) is 0 Å². The first-order valence-electron chi connectivity index (χ1n) is 7.64. The van der Waals surface area contributed by atoms with Crippen LogP contribution in [0.4, 0.5) is 11.6 Å². The van der Waals surface area contributed by atoms with Gasteiger partial charge >= 0.3 is 5.97 Å². The molecule has 124 valence electrons. The van der Waals surface area contributed by atoms with Crippen LogP contribution < -0.4 is 10.6 Å². The second-order valence-electron chi connectivity index (χ2n) is 6.01. The second kappa shape index (κ2) is 5.22. The lowest BCUT2D eigenvalue weighted by Crippen LogP contribution is -2.24. The molecule has 24 heavy (non-hydrogen) atoms. The van der Waals surface area contributed by atoms with E-state index in [4.69, 9.17) is 5.73 Å². The molecule has 0 aliphatic carbocycles. The molecule has 1 aliphatic rings. The van der Waals surface area contributed by atoms with Gasteiger partial charge in [-0.25, -0.2) is 4.98 Å². The summed E-state index contributed by atoms with van der Waals surface area (Å²) in [6, 6.07) is 1.73. The Kier molecular flexibility index (Phi) is 3.15. The van der Waals surface area contributed by atoms with E-state index in [-0.39, 0.29) is 5.92 Å². The fourth-order valence-corrected chi connectivity index (χ4v) is 3.07. The van der Waals surface area contributed by atoms with Crippen LogP contribution in [0.3, 0.4) is 0 Å². The van der Waals surface area contributed by atoms with Crippen LogP contribution >= 0.6 is 0 Å². The first-order valence-corrected chi connectivity index (χ1v) is 7.64. The van der Waals surface area contributed by atoms with Crippen molar-refractivity contribution in [3.8, 4) is 11.1 Å². The number of aromatic nitrogens is 5. The number of hydrogen-bond acceptors (Lipinski definition) is 6. The number of nitrogens with two attached hydrogens (primary N) is 1. The number of hydrogen-bond donors (Lipinski definition) is 2. The summed E-state index contributed by atoms with van der Waals surface area (Å²) in [6.07, 6.45) is 5.95. The smallest absolute Gasteiger partial charge is 0.308 e. The highest BCUT2D eigenvalue weighted by Gasteiger charge is 2.29. The Bertz CT molecular complexity index is 929. The highest BCUT2D eigenvalue weighted by Crippen LogP contribution is 2.29. The summed E-state index contributed by atoms with van der Waals surface area (Å²) in [5.74, 6) is -0.00258. The number of fused-ring (bicyclic) bond motifs is 1. The van der Waals surface area contributed by atoms with Crippen molar-refractivity contribution in [2.75, 3.05) is 23.7 Å². The van der Waals surface area contributed by atoms with Crippen molar-refractivity contribution in [2.24, 2.45) is 13.0 Å². The third-order valence-corrected chi connectivity index (χ3v) is 4.36. The predicted octanol–water partition coefficient (Wildman–Crippen LogP) is 0.623. The number of carbonyl (C=O) groups is 1. The highest BCUT2D eigenvalue weighted by atomic mass is 16.4. The molecular formula is C15H17N7O2. The third-order valence-electron chi connectivity index (χ3n) is 4.36. The fraction of sp³-hybridized carbons (Fsp3) is 0.333. The van der Waals surface area contributed by atoms with Crippen molar-refractivity contribution < 1.29 is 9.90 Å². The average molecular weight is 327 g/mol. The maximum absolute atomic E-state index is 11.2. The molecule has 1 unspecified atom stereocenters. The van der Waals surface area contributed by atoms with E-state index in [1.54, 1.807) is 27.7 Å². The zero-order chi connectivity index (χ0) is 16.8. The second-order valence-corrected chi connectivity index (χ2v) is 6.01. The summed E-state index contributed by atoms with van der Waals surface area (Å²) in [6.45, 7) is 1.09. The number of nitrogen functional groups attached to an aromatic ring is 1. The largest absolute Gasteiger partial charge is 0.481 e. The Morgan fingerprint density at radius 3 is 2.88 bits per heavy atom. The minimum Gasteiger partial charge on any atom is -0.481 e. The van der Waals surface area contributed by atoms with Crippen molar-refractivity contribution in [3.05, 3.63) is 24.7 Å². The van der Waals surface area contributed by atoms with Crippen LogP contribution in [-0.4, -0.2) is 48.5 Å². The van der Waals surface area contributed by atoms with Crippen LogP contribution in [-0.2, 0) is 11.8 Å².